The van der Waals surface area contributed by atoms with Gasteiger partial charge in [0.15, 0.2) is 0 Å². The van der Waals surface area contributed by atoms with Gasteiger partial charge in [-0.1, -0.05) is 6.42 Å². The zero-order chi connectivity index (χ0) is 15.4. The highest BCUT2D eigenvalue weighted by Crippen LogP contribution is 2.42. The molecule has 2 N–H and O–H groups in total. The Morgan fingerprint density at radius 3 is 2.19 bits per heavy atom. The molecule has 2 rings (SSSR count). The third-order valence-corrected chi connectivity index (χ3v) is 4.23. The molecule has 0 spiro atoms. The third kappa shape index (κ3) is 3.24. The van der Waals surface area contributed by atoms with Crippen LogP contribution in [0.5, 0.6) is 17.2 Å². The molecule has 0 saturated carbocycles. The zero-order valence-electron chi connectivity index (χ0n) is 13.4. The fourth-order valence-corrected chi connectivity index (χ4v) is 3.12. The summed E-state index contributed by atoms with van der Waals surface area (Å²) in [5.74, 6) is 2.25. The van der Waals surface area contributed by atoms with E-state index in [1.54, 1.807) is 21.3 Å². The summed E-state index contributed by atoms with van der Waals surface area (Å²) in [5, 5.41) is 0. The standard InChI is InChI=1S/C16H26N2O3/c1-18-8-6-5-7-12(17)16(18)15-13(20-3)9-11(19-2)10-14(15)21-4/h9-10,12,16H,5-8,17H2,1-4H3. The molecule has 1 aromatic rings. The maximum Gasteiger partial charge on any atom is 0.131 e. The van der Waals surface area contributed by atoms with Gasteiger partial charge in [-0.15, -0.1) is 0 Å². The molecule has 5 nitrogen and oxygen atoms in total. The molecule has 1 aliphatic rings. The molecule has 2 atom stereocenters. The Labute approximate surface area is 127 Å². The lowest BCUT2D eigenvalue weighted by molar-refractivity contribution is 0.218. The Kier molecular flexibility index (Phi) is 5.31. The van der Waals surface area contributed by atoms with Crippen LogP contribution in [-0.2, 0) is 0 Å². The third-order valence-electron chi connectivity index (χ3n) is 4.23. The van der Waals surface area contributed by atoms with Crippen LogP contribution in [-0.4, -0.2) is 45.9 Å². The van der Waals surface area contributed by atoms with E-state index in [9.17, 15) is 0 Å². The summed E-state index contributed by atoms with van der Waals surface area (Å²) in [6, 6.07) is 3.93. The Bertz CT molecular complexity index is 442. The van der Waals surface area contributed by atoms with E-state index in [1.165, 1.54) is 6.42 Å². The minimum Gasteiger partial charge on any atom is -0.496 e. The summed E-state index contributed by atoms with van der Waals surface area (Å²) in [4.78, 5) is 2.30. The first-order chi connectivity index (χ1) is 10.1. The number of likely N-dealkylation sites (tertiary alicyclic amines) is 1. The minimum absolute atomic E-state index is 0.0636. The van der Waals surface area contributed by atoms with Crippen molar-refractivity contribution >= 4 is 0 Å². The van der Waals surface area contributed by atoms with Crippen molar-refractivity contribution in [1.82, 2.24) is 4.90 Å². The van der Waals surface area contributed by atoms with Gasteiger partial charge in [0.1, 0.15) is 17.2 Å². The molecule has 1 aliphatic heterocycles. The summed E-state index contributed by atoms with van der Waals surface area (Å²) in [7, 11) is 7.08. The number of likely N-dealkylation sites (N-methyl/N-ethyl adjacent to an activating group) is 1. The van der Waals surface area contributed by atoms with Gasteiger partial charge in [-0.25, -0.2) is 0 Å². The second-order valence-electron chi connectivity index (χ2n) is 5.53. The van der Waals surface area contributed by atoms with Crippen LogP contribution >= 0.6 is 0 Å². The van der Waals surface area contributed by atoms with Gasteiger partial charge in [0.05, 0.1) is 32.9 Å². The molecule has 1 aromatic carbocycles. The highest BCUT2D eigenvalue weighted by atomic mass is 16.5. The van der Waals surface area contributed by atoms with Gasteiger partial charge in [-0.3, -0.25) is 4.90 Å². The quantitative estimate of drug-likeness (QED) is 0.922. The smallest absolute Gasteiger partial charge is 0.131 e. The SMILES string of the molecule is COc1cc(OC)c(C2C(N)CCCCN2C)c(OC)c1. The largest absolute Gasteiger partial charge is 0.496 e. The molecule has 0 aromatic heterocycles. The van der Waals surface area contributed by atoms with Crippen molar-refractivity contribution in [1.29, 1.82) is 0 Å². The number of hydrogen-bond acceptors (Lipinski definition) is 5. The molecule has 118 valence electrons. The van der Waals surface area contributed by atoms with Gasteiger partial charge in [-0.2, -0.15) is 0 Å². The van der Waals surface area contributed by atoms with Crippen LogP contribution in [0.4, 0.5) is 0 Å². The predicted molar refractivity (Wildman–Crippen MR) is 83.3 cm³/mol. The van der Waals surface area contributed by atoms with E-state index in [0.717, 1.165) is 42.2 Å². The number of nitrogens with two attached hydrogens (primary N) is 1. The van der Waals surface area contributed by atoms with E-state index in [-0.39, 0.29) is 12.1 Å². The van der Waals surface area contributed by atoms with Crippen molar-refractivity contribution in [3.8, 4) is 17.2 Å². The van der Waals surface area contributed by atoms with Crippen molar-refractivity contribution in [3.63, 3.8) is 0 Å². The number of rotatable bonds is 4. The Hall–Kier alpha value is -1.46. The summed E-state index contributed by atoms with van der Waals surface area (Å²) < 4.78 is 16.5. The number of methoxy groups -OCH3 is 3. The molecule has 0 radical (unpaired) electrons. The highest BCUT2D eigenvalue weighted by Gasteiger charge is 2.32. The first-order valence-electron chi connectivity index (χ1n) is 7.38. The number of ether oxygens (including phenoxy) is 3. The molecular weight excluding hydrogens is 268 g/mol. The van der Waals surface area contributed by atoms with Crippen molar-refractivity contribution < 1.29 is 14.2 Å². The monoisotopic (exact) mass is 294 g/mol. The molecule has 1 saturated heterocycles. The highest BCUT2D eigenvalue weighted by molar-refractivity contribution is 5.53. The van der Waals surface area contributed by atoms with Crippen molar-refractivity contribution in [2.24, 2.45) is 5.73 Å². The molecule has 5 heteroatoms. The van der Waals surface area contributed by atoms with Crippen LogP contribution < -0.4 is 19.9 Å². The van der Waals surface area contributed by atoms with E-state index in [1.807, 2.05) is 12.1 Å². The fourth-order valence-electron chi connectivity index (χ4n) is 3.12. The number of hydrogen-bond donors (Lipinski definition) is 1. The van der Waals surface area contributed by atoms with Gasteiger partial charge in [-0.05, 0) is 26.4 Å². The van der Waals surface area contributed by atoms with Crippen LogP contribution in [0.2, 0.25) is 0 Å². The normalized spacial score (nSPS) is 23.5. The van der Waals surface area contributed by atoms with Crippen molar-refractivity contribution in [2.75, 3.05) is 34.9 Å². The average Bonchev–Trinajstić information content (AvgIpc) is 2.66. The van der Waals surface area contributed by atoms with Crippen molar-refractivity contribution in [3.05, 3.63) is 17.7 Å². The topological polar surface area (TPSA) is 57.0 Å². The maximum absolute atomic E-state index is 6.44. The summed E-state index contributed by atoms with van der Waals surface area (Å²) in [6.07, 6.45) is 3.33. The van der Waals surface area contributed by atoms with E-state index in [2.05, 4.69) is 11.9 Å². The fraction of sp³-hybridized carbons (Fsp3) is 0.625. The number of benzene rings is 1. The van der Waals surface area contributed by atoms with E-state index < -0.39 is 0 Å². The van der Waals surface area contributed by atoms with Gasteiger partial charge in [0.2, 0.25) is 0 Å². The molecule has 0 aliphatic carbocycles. The van der Waals surface area contributed by atoms with Crippen LogP contribution in [0.25, 0.3) is 0 Å². The van der Waals surface area contributed by atoms with Gasteiger partial charge < -0.3 is 19.9 Å². The summed E-state index contributed by atoms with van der Waals surface area (Å²) in [5.41, 5.74) is 7.45. The molecule has 1 fully saturated rings. The Balaban J connectivity index is 2.53. The van der Waals surface area contributed by atoms with Crippen LogP contribution in [0, 0.1) is 0 Å². The van der Waals surface area contributed by atoms with Gasteiger partial charge in [0, 0.05) is 18.2 Å². The molecular formula is C16H26N2O3. The van der Waals surface area contributed by atoms with Crippen LogP contribution in [0.15, 0.2) is 12.1 Å². The zero-order valence-corrected chi connectivity index (χ0v) is 13.4. The Morgan fingerprint density at radius 1 is 1.05 bits per heavy atom. The van der Waals surface area contributed by atoms with Gasteiger partial charge >= 0.3 is 0 Å². The molecule has 0 amide bonds. The maximum atomic E-state index is 6.44. The predicted octanol–water partition coefficient (Wildman–Crippen LogP) is 2.20. The number of nitrogens with zero attached hydrogens (tertiary/aromatic N) is 1. The lowest BCUT2D eigenvalue weighted by Crippen LogP contribution is -2.38. The average molecular weight is 294 g/mol. The lowest BCUT2D eigenvalue weighted by Gasteiger charge is -2.32. The van der Waals surface area contributed by atoms with E-state index >= 15 is 0 Å². The first-order valence-corrected chi connectivity index (χ1v) is 7.38. The van der Waals surface area contributed by atoms with Gasteiger partial charge in [0.25, 0.3) is 0 Å². The second kappa shape index (κ2) is 7.00. The Morgan fingerprint density at radius 2 is 1.67 bits per heavy atom. The molecule has 0 bridgehead atoms. The summed E-state index contributed by atoms with van der Waals surface area (Å²) >= 11 is 0. The van der Waals surface area contributed by atoms with Crippen LogP contribution in [0.3, 0.4) is 0 Å². The van der Waals surface area contributed by atoms with Crippen molar-refractivity contribution in [2.45, 2.75) is 31.3 Å². The summed E-state index contributed by atoms with van der Waals surface area (Å²) in [6.45, 7) is 1.02. The second-order valence-corrected chi connectivity index (χ2v) is 5.53. The lowest BCUT2D eigenvalue weighted by atomic mass is 9.94. The molecule has 21 heavy (non-hydrogen) atoms. The van der Waals surface area contributed by atoms with E-state index in [0.29, 0.717) is 0 Å². The first kappa shape index (κ1) is 15.9. The molecule has 1 heterocycles. The van der Waals surface area contributed by atoms with Crippen LogP contribution in [0.1, 0.15) is 30.9 Å². The molecule has 2 unspecified atom stereocenters. The minimum atomic E-state index is 0.0636. The van der Waals surface area contributed by atoms with E-state index in [4.69, 9.17) is 19.9 Å².